The van der Waals surface area contributed by atoms with Gasteiger partial charge in [0.15, 0.2) is 11.5 Å². The second kappa shape index (κ2) is 6.68. The zero-order valence-electron chi connectivity index (χ0n) is 14.8. The van der Waals surface area contributed by atoms with Crippen LogP contribution < -0.4 is 4.90 Å². The minimum atomic E-state index is 0.395. The number of likely N-dealkylation sites (tertiary alicyclic amines) is 1. The molecule has 2 aliphatic rings. The van der Waals surface area contributed by atoms with Gasteiger partial charge in [0.25, 0.3) is 0 Å². The normalized spacial score (nSPS) is 19.6. The van der Waals surface area contributed by atoms with Gasteiger partial charge in [0.05, 0.1) is 12.7 Å². The zero-order chi connectivity index (χ0) is 17.3. The summed E-state index contributed by atoms with van der Waals surface area (Å²) in [6.45, 7) is 4.98. The van der Waals surface area contributed by atoms with E-state index in [1.807, 2.05) is 10.6 Å². The molecule has 0 aromatic carbocycles. The molecule has 0 amide bonds. The fourth-order valence-corrected chi connectivity index (χ4v) is 4.04. The van der Waals surface area contributed by atoms with E-state index < -0.39 is 0 Å². The van der Waals surface area contributed by atoms with Crippen molar-refractivity contribution in [1.29, 1.82) is 0 Å². The Morgan fingerprint density at radius 2 is 1.88 bits per heavy atom. The molecule has 5 rings (SSSR count). The van der Waals surface area contributed by atoms with Crippen molar-refractivity contribution in [3.05, 3.63) is 36.3 Å². The van der Waals surface area contributed by atoms with Crippen LogP contribution in [0, 0.1) is 0 Å². The maximum atomic E-state index is 5.36. The Hall–Kier alpha value is -2.48. The van der Waals surface area contributed by atoms with Gasteiger partial charge < -0.3 is 9.32 Å². The molecule has 0 radical (unpaired) electrons. The van der Waals surface area contributed by atoms with Crippen LogP contribution in [0.4, 0.5) is 5.82 Å². The predicted molar refractivity (Wildman–Crippen MR) is 96.0 cm³/mol. The van der Waals surface area contributed by atoms with Crippen molar-refractivity contribution in [2.75, 3.05) is 31.1 Å². The molecule has 0 atom stereocenters. The standard InChI is InChI=1S/C18H23N7O/c1-2-9-24(8-1)16-4-3-15-20-21-18(25(15)22-16)14-5-10-23(11-6-14)13-17-19-7-12-26-17/h3-4,7,12,14H,1-2,5-6,8-11,13H2. The molecule has 5 heterocycles. The lowest BCUT2D eigenvalue weighted by Gasteiger charge is -2.30. The molecular formula is C18H23N7O. The van der Waals surface area contributed by atoms with Gasteiger partial charge in [0, 0.05) is 19.0 Å². The van der Waals surface area contributed by atoms with Gasteiger partial charge in [-0.1, -0.05) is 0 Å². The number of anilines is 1. The summed E-state index contributed by atoms with van der Waals surface area (Å²) in [7, 11) is 0. The zero-order valence-corrected chi connectivity index (χ0v) is 14.8. The number of oxazole rings is 1. The molecule has 2 saturated heterocycles. The fraction of sp³-hybridized carbons (Fsp3) is 0.556. The van der Waals surface area contributed by atoms with Crippen molar-refractivity contribution in [3.8, 4) is 0 Å². The molecule has 0 N–H and O–H groups in total. The molecule has 0 spiro atoms. The number of fused-ring (bicyclic) bond motifs is 1. The van der Waals surface area contributed by atoms with Crippen LogP contribution >= 0.6 is 0 Å². The molecule has 2 fully saturated rings. The van der Waals surface area contributed by atoms with Crippen molar-refractivity contribution in [2.24, 2.45) is 0 Å². The number of nitrogens with zero attached hydrogens (tertiary/aromatic N) is 7. The number of rotatable bonds is 4. The SMILES string of the molecule is c1coc(CN2CCC(c3nnc4ccc(N5CCCC5)nn34)CC2)n1. The molecule has 0 bridgehead atoms. The van der Waals surface area contributed by atoms with Gasteiger partial charge in [-0.25, -0.2) is 4.98 Å². The average molecular weight is 353 g/mol. The second-order valence-electron chi connectivity index (χ2n) is 7.19. The van der Waals surface area contributed by atoms with Gasteiger partial charge in [0.2, 0.25) is 5.89 Å². The third kappa shape index (κ3) is 2.94. The van der Waals surface area contributed by atoms with Gasteiger partial charge in [-0.2, -0.15) is 4.52 Å². The maximum Gasteiger partial charge on any atom is 0.208 e. The van der Waals surface area contributed by atoms with Crippen LogP contribution in [0.25, 0.3) is 5.65 Å². The summed E-state index contributed by atoms with van der Waals surface area (Å²) in [6, 6.07) is 4.10. The lowest BCUT2D eigenvalue weighted by atomic mass is 9.96. The smallest absolute Gasteiger partial charge is 0.208 e. The topological polar surface area (TPSA) is 75.6 Å². The Labute approximate surface area is 151 Å². The van der Waals surface area contributed by atoms with E-state index in [0.29, 0.717) is 5.92 Å². The minimum absolute atomic E-state index is 0.395. The maximum absolute atomic E-state index is 5.36. The number of aromatic nitrogens is 5. The second-order valence-corrected chi connectivity index (χ2v) is 7.19. The van der Waals surface area contributed by atoms with Crippen LogP contribution in [0.1, 0.15) is 43.3 Å². The summed E-state index contributed by atoms with van der Waals surface area (Å²) in [4.78, 5) is 8.95. The third-order valence-electron chi connectivity index (χ3n) is 5.50. The largest absolute Gasteiger partial charge is 0.448 e. The van der Waals surface area contributed by atoms with Gasteiger partial charge >= 0.3 is 0 Å². The average Bonchev–Trinajstić information content (AvgIpc) is 3.43. The van der Waals surface area contributed by atoms with Gasteiger partial charge in [0.1, 0.15) is 12.1 Å². The first-order chi connectivity index (χ1) is 12.9. The van der Waals surface area contributed by atoms with Crippen LogP contribution in [0.15, 0.2) is 29.0 Å². The van der Waals surface area contributed by atoms with Gasteiger partial charge in [-0.15, -0.1) is 15.3 Å². The van der Waals surface area contributed by atoms with E-state index in [1.165, 1.54) is 12.8 Å². The quantitative estimate of drug-likeness (QED) is 0.711. The summed E-state index contributed by atoms with van der Waals surface area (Å²) in [5, 5.41) is 13.7. The fourth-order valence-electron chi connectivity index (χ4n) is 4.04. The van der Waals surface area contributed by atoms with Crippen molar-refractivity contribution >= 4 is 11.5 Å². The first-order valence-corrected chi connectivity index (χ1v) is 9.45. The molecule has 8 heteroatoms. The van der Waals surface area contributed by atoms with Gasteiger partial charge in [-0.3, -0.25) is 4.90 Å². The molecule has 3 aromatic heterocycles. The van der Waals surface area contributed by atoms with Crippen LogP contribution in [0.5, 0.6) is 0 Å². The Morgan fingerprint density at radius 1 is 1.04 bits per heavy atom. The van der Waals surface area contributed by atoms with Crippen LogP contribution in [0.3, 0.4) is 0 Å². The summed E-state index contributed by atoms with van der Waals surface area (Å²) in [6.07, 6.45) is 7.94. The summed E-state index contributed by atoms with van der Waals surface area (Å²) in [5.41, 5.74) is 0.838. The molecule has 2 aliphatic heterocycles. The van der Waals surface area contributed by atoms with E-state index in [0.717, 1.165) is 68.7 Å². The first-order valence-electron chi connectivity index (χ1n) is 9.45. The van der Waals surface area contributed by atoms with Crippen LogP contribution in [0.2, 0.25) is 0 Å². The number of piperidine rings is 1. The third-order valence-corrected chi connectivity index (χ3v) is 5.50. The van der Waals surface area contributed by atoms with Gasteiger partial charge in [-0.05, 0) is 50.9 Å². The highest BCUT2D eigenvalue weighted by atomic mass is 16.3. The van der Waals surface area contributed by atoms with Crippen LogP contribution in [-0.4, -0.2) is 55.9 Å². The van der Waals surface area contributed by atoms with E-state index in [-0.39, 0.29) is 0 Å². The van der Waals surface area contributed by atoms with Crippen LogP contribution in [-0.2, 0) is 6.54 Å². The highest BCUT2D eigenvalue weighted by molar-refractivity contribution is 5.46. The Morgan fingerprint density at radius 3 is 2.65 bits per heavy atom. The van der Waals surface area contributed by atoms with E-state index in [2.05, 4.69) is 31.0 Å². The first kappa shape index (κ1) is 15.7. The lowest BCUT2D eigenvalue weighted by Crippen LogP contribution is -2.33. The monoisotopic (exact) mass is 353 g/mol. The molecule has 136 valence electrons. The molecular weight excluding hydrogens is 330 g/mol. The molecule has 8 nitrogen and oxygen atoms in total. The highest BCUT2D eigenvalue weighted by Crippen LogP contribution is 2.28. The summed E-state index contributed by atoms with van der Waals surface area (Å²) in [5.74, 6) is 3.22. The van der Waals surface area contributed by atoms with E-state index >= 15 is 0 Å². The Bertz CT molecular complexity index is 861. The highest BCUT2D eigenvalue weighted by Gasteiger charge is 2.26. The molecule has 0 aliphatic carbocycles. The number of hydrogen-bond acceptors (Lipinski definition) is 7. The Balaban J connectivity index is 1.32. The predicted octanol–water partition coefficient (Wildman–Crippen LogP) is 2.09. The number of hydrogen-bond donors (Lipinski definition) is 0. The van der Waals surface area contributed by atoms with Crippen molar-refractivity contribution in [1.82, 2.24) is 29.7 Å². The van der Waals surface area contributed by atoms with E-state index in [4.69, 9.17) is 9.52 Å². The molecule has 26 heavy (non-hydrogen) atoms. The molecule has 0 unspecified atom stereocenters. The lowest BCUT2D eigenvalue weighted by molar-refractivity contribution is 0.184. The molecule has 0 saturated carbocycles. The minimum Gasteiger partial charge on any atom is -0.448 e. The summed E-state index contributed by atoms with van der Waals surface area (Å²) < 4.78 is 7.32. The van der Waals surface area contributed by atoms with Crippen molar-refractivity contribution in [2.45, 2.75) is 38.1 Å². The molecule has 3 aromatic rings. The van der Waals surface area contributed by atoms with E-state index in [1.54, 1.807) is 12.5 Å². The van der Waals surface area contributed by atoms with Crippen molar-refractivity contribution < 1.29 is 4.42 Å². The van der Waals surface area contributed by atoms with E-state index in [9.17, 15) is 0 Å². The van der Waals surface area contributed by atoms with Crippen molar-refractivity contribution in [3.63, 3.8) is 0 Å². The summed E-state index contributed by atoms with van der Waals surface area (Å²) >= 11 is 0. The Kier molecular flexibility index (Phi) is 4.05.